The van der Waals surface area contributed by atoms with Crippen LogP contribution in [0.15, 0.2) is 61.7 Å². The van der Waals surface area contributed by atoms with Gasteiger partial charge in [-0.2, -0.15) is 0 Å². The predicted octanol–water partition coefficient (Wildman–Crippen LogP) is 7.02. The van der Waals surface area contributed by atoms with Crippen LogP contribution in [-0.4, -0.2) is 138 Å². The first kappa shape index (κ1) is 55.1. The molecule has 0 bridgehead atoms. The summed E-state index contributed by atoms with van der Waals surface area (Å²) in [7, 11) is 8.31. The number of anilines is 5. The van der Waals surface area contributed by atoms with Gasteiger partial charge in [-0.1, -0.05) is 34.8 Å². The van der Waals surface area contributed by atoms with Crippen LogP contribution in [0.5, 0.6) is 23.0 Å². The molecule has 7 heterocycles. The van der Waals surface area contributed by atoms with E-state index < -0.39 is 0 Å². The summed E-state index contributed by atoms with van der Waals surface area (Å²) in [6, 6.07) is 8.47. The Labute approximate surface area is 397 Å². The largest absolute Gasteiger partial charge is 0.491 e. The van der Waals surface area contributed by atoms with Crippen molar-refractivity contribution < 1.29 is 18.9 Å². The molecule has 7 rings (SSSR count). The number of nitrogens with zero attached hydrogens (tertiary/aromatic N) is 10. The monoisotopic (exact) mass is 967 g/mol. The summed E-state index contributed by atoms with van der Waals surface area (Å²) in [5.74, 6) is 5.80. The number of aromatic nitrogens is 8. The van der Waals surface area contributed by atoms with Gasteiger partial charge in [0.2, 0.25) is 0 Å². The second-order valence-corrected chi connectivity index (χ2v) is 14.4. The number of hydrogen-bond acceptors (Lipinski definition) is 19. The van der Waals surface area contributed by atoms with Crippen LogP contribution in [-0.2, 0) is 0 Å². The maximum absolute atomic E-state index is 5.93. The molecule has 19 nitrogen and oxygen atoms in total. The number of hydrogen-bond donors (Lipinski definition) is 5. The fraction of sp³-hybridized carbons (Fsp3) is 0.463. The highest BCUT2D eigenvalue weighted by Gasteiger charge is 2.13. The Kier molecular flexibility index (Phi) is 28.1. The van der Waals surface area contributed by atoms with Crippen molar-refractivity contribution in [3.8, 4) is 23.0 Å². The molecule has 0 aliphatic carbocycles. The van der Waals surface area contributed by atoms with E-state index in [0.717, 1.165) is 37.6 Å². The van der Waals surface area contributed by atoms with Crippen molar-refractivity contribution in [3.63, 3.8) is 0 Å². The van der Waals surface area contributed by atoms with Crippen molar-refractivity contribution >= 4 is 76.3 Å². The molecule has 0 saturated carbocycles. The van der Waals surface area contributed by atoms with Crippen molar-refractivity contribution in [1.29, 1.82) is 0 Å². The van der Waals surface area contributed by atoms with Gasteiger partial charge < -0.3 is 56.2 Å². The van der Waals surface area contributed by atoms with Crippen LogP contribution < -0.4 is 46.4 Å². The Balaban J connectivity index is 0.000000319. The molecule has 64 heavy (non-hydrogen) atoms. The zero-order valence-corrected chi connectivity index (χ0v) is 40.1. The normalized spacial score (nSPS) is 12.8. The van der Waals surface area contributed by atoms with Crippen molar-refractivity contribution in [1.82, 2.24) is 49.7 Å². The van der Waals surface area contributed by atoms with Gasteiger partial charge in [-0.25, -0.2) is 39.9 Å². The smallest absolute Gasteiger partial charge is 0.179 e. The standard InChI is InChI=1S/C18H26N6O2.C13H21N3O2.C5H6ClN3.C4H2Cl2N2.CH5N.ClH/c1-19-16-11-18(22-13-21-16)23-17-10-14(15(25-2)12-20-17)26-9-5-8-24-6-3-4-7-24;1-17-12-10-15-13(14)9-11(12)18-8-4-7-16-5-2-3-6-16;1-7-5-2-4(6)8-3-9-5;5-3-1-4(6)8-2-7-3;1-2;/h10-13H,3-9H2,1-2H3,(H2,19,20,21,22,23);9-10H,2-8H2,1H3,(H2,14,15);2-3H,1H3,(H,7,8,9);1-2H;2H2,1H3;1H. The van der Waals surface area contributed by atoms with Crippen molar-refractivity contribution in [2.24, 2.45) is 5.73 Å². The van der Waals surface area contributed by atoms with E-state index in [1.165, 1.54) is 84.0 Å². The lowest BCUT2D eigenvalue weighted by molar-refractivity contribution is 0.254. The average Bonchev–Trinajstić information content (AvgIpc) is 4.04. The molecule has 352 valence electrons. The number of nitrogen functional groups attached to an aromatic ring is 1. The lowest BCUT2D eigenvalue weighted by Crippen LogP contribution is -2.22. The van der Waals surface area contributed by atoms with Crippen molar-refractivity contribution in [2.45, 2.75) is 38.5 Å². The highest BCUT2D eigenvalue weighted by molar-refractivity contribution is 6.33. The van der Waals surface area contributed by atoms with Crippen LogP contribution in [0.3, 0.4) is 0 Å². The number of halogens is 4. The van der Waals surface area contributed by atoms with Gasteiger partial charge in [0.05, 0.1) is 39.8 Å². The lowest BCUT2D eigenvalue weighted by Gasteiger charge is -2.16. The highest BCUT2D eigenvalue weighted by Crippen LogP contribution is 2.30. The summed E-state index contributed by atoms with van der Waals surface area (Å²) in [5.41, 5.74) is 10.1. The maximum Gasteiger partial charge on any atom is 0.179 e. The van der Waals surface area contributed by atoms with Crippen LogP contribution in [0, 0.1) is 0 Å². The van der Waals surface area contributed by atoms with E-state index in [-0.39, 0.29) is 12.4 Å². The topological polar surface area (TPSA) is 235 Å². The van der Waals surface area contributed by atoms with Crippen molar-refractivity contribution in [3.05, 3.63) is 77.2 Å². The Morgan fingerprint density at radius 2 is 0.969 bits per heavy atom. The van der Waals surface area contributed by atoms with E-state index in [1.807, 2.05) is 19.2 Å². The summed E-state index contributed by atoms with van der Waals surface area (Å²) in [6.07, 6.45) is 14.7. The first-order valence-corrected chi connectivity index (χ1v) is 21.5. The zero-order valence-electron chi connectivity index (χ0n) is 37.0. The molecule has 0 amide bonds. The molecule has 2 aliphatic heterocycles. The van der Waals surface area contributed by atoms with E-state index >= 15 is 0 Å². The third-order valence-electron chi connectivity index (χ3n) is 8.94. The summed E-state index contributed by atoms with van der Waals surface area (Å²) in [5, 5.41) is 10.2. The maximum atomic E-state index is 5.93. The van der Waals surface area contributed by atoms with E-state index in [9.17, 15) is 0 Å². The lowest BCUT2D eigenvalue weighted by atomic mass is 10.3. The molecule has 2 saturated heterocycles. The number of ether oxygens (including phenoxy) is 4. The summed E-state index contributed by atoms with van der Waals surface area (Å²) in [6.45, 7) is 8.37. The fourth-order valence-electron chi connectivity index (χ4n) is 5.89. The third kappa shape index (κ3) is 21.6. The third-order valence-corrected chi connectivity index (χ3v) is 9.56. The molecule has 7 N–H and O–H groups in total. The minimum absolute atomic E-state index is 0. The molecule has 0 unspecified atom stereocenters. The molecule has 0 radical (unpaired) electrons. The molecule has 2 aliphatic rings. The molecule has 0 spiro atoms. The molecule has 0 atom stereocenters. The number of methoxy groups -OCH3 is 2. The molecule has 0 aromatic carbocycles. The first-order chi connectivity index (χ1) is 30.7. The quantitative estimate of drug-likeness (QED) is 0.0494. The Hall–Kier alpha value is -5.02. The van der Waals surface area contributed by atoms with Crippen molar-refractivity contribution in [2.75, 3.05) is 110 Å². The molecule has 2 fully saturated rings. The van der Waals surface area contributed by atoms with Gasteiger partial charge in [0.15, 0.2) is 23.0 Å². The van der Waals surface area contributed by atoms with E-state index in [4.69, 9.17) is 59.5 Å². The minimum Gasteiger partial charge on any atom is -0.491 e. The Bertz CT molecular complexity index is 2000. The number of rotatable bonds is 16. The van der Waals surface area contributed by atoms with Gasteiger partial charge in [-0.15, -0.1) is 12.4 Å². The number of likely N-dealkylation sites (tertiary alicyclic amines) is 2. The van der Waals surface area contributed by atoms with Crippen LogP contribution in [0.2, 0.25) is 15.5 Å². The number of nitrogens with one attached hydrogen (secondary N) is 3. The second-order valence-electron chi connectivity index (χ2n) is 13.3. The van der Waals surface area contributed by atoms with Gasteiger partial charge >= 0.3 is 0 Å². The van der Waals surface area contributed by atoms with Crippen LogP contribution in [0.1, 0.15) is 38.5 Å². The summed E-state index contributed by atoms with van der Waals surface area (Å²) >= 11 is 16.4. The Morgan fingerprint density at radius 1 is 0.547 bits per heavy atom. The van der Waals surface area contributed by atoms with Gasteiger partial charge in [0, 0.05) is 57.5 Å². The highest BCUT2D eigenvalue weighted by atomic mass is 35.5. The van der Waals surface area contributed by atoms with E-state index in [0.29, 0.717) is 69.1 Å². The van der Waals surface area contributed by atoms with Crippen LogP contribution in [0.25, 0.3) is 0 Å². The van der Waals surface area contributed by atoms with E-state index in [2.05, 4.69) is 71.4 Å². The molecular formula is C41H61Cl4N15O4. The van der Waals surface area contributed by atoms with Gasteiger partial charge in [-0.05, 0) is 71.8 Å². The van der Waals surface area contributed by atoms with Gasteiger partial charge in [0.1, 0.15) is 63.5 Å². The number of pyridine rings is 2. The Morgan fingerprint density at radius 3 is 1.42 bits per heavy atom. The predicted molar refractivity (Wildman–Crippen MR) is 258 cm³/mol. The molecule has 5 aromatic heterocycles. The second kappa shape index (κ2) is 32.6. The summed E-state index contributed by atoms with van der Waals surface area (Å²) < 4.78 is 22.2. The van der Waals surface area contributed by atoms with Crippen LogP contribution in [0.4, 0.5) is 29.1 Å². The van der Waals surface area contributed by atoms with E-state index in [1.54, 1.807) is 45.8 Å². The van der Waals surface area contributed by atoms with Crippen LogP contribution >= 0.6 is 47.2 Å². The first-order valence-electron chi connectivity index (χ1n) is 20.4. The molecular weight excluding hydrogens is 908 g/mol. The zero-order chi connectivity index (χ0) is 45.7. The molecule has 5 aromatic rings. The number of nitrogens with two attached hydrogens (primary N) is 2. The SMILES string of the molecule is CN.CNc1cc(Cl)ncn1.CNc1cc(Nc2cc(OCCCN3CCCC3)c(OC)cn2)ncn1.COc1cnc(N)cc1OCCCN1CCCC1.Cl.Clc1cc(Cl)ncn1. The van der Waals surface area contributed by atoms with Gasteiger partial charge in [0.25, 0.3) is 0 Å². The average molecular weight is 970 g/mol. The van der Waals surface area contributed by atoms with Gasteiger partial charge in [-0.3, -0.25) is 0 Å². The fourth-order valence-corrected chi connectivity index (χ4v) is 6.39. The minimum atomic E-state index is 0. The molecule has 23 heteroatoms. The summed E-state index contributed by atoms with van der Waals surface area (Å²) in [4.78, 5) is 36.3.